The predicted molar refractivity (Wildman–Crippen MR) is 106 cm³/mol. The Hall–Kier alpha value is -2.33. The number of amides is 1. The van der Waals surface area contributed by atoms with Crippen LogP contribution in [0, 0.1) is 6.92 Å². The minimum absolute atomic E-state index is 0.116. The van der Waals surface area contributed by atoms with E-state index in [0.29, 0.717) is 13.0 Å². The molecule has 0 heterocycles. The van der Waals surface area contributed by atoms with Crippen LogP contribution in [0.2, 0.25) is 0 Å². The van der Waals surface area contributed by atoms with Gasteiger partial charge in [-0.2, -0.15) is 0 Å². The van der Waals surface area contributed by atoms with E-state index in [1.807, 2.05) is 26.1 Å². The van der Waals surface area contributed by atoms with Crippen molar-refractivity contribution in [2.24, 2.45) is 0 Å². The van der Waals surface area contributed by atoms with Crippen LogP contribution in [-0.4, -0.2) is 25.5 Å². The Balaban J connectivity index is 1.75. The smallest absolute Gasteiger partial charge is 0.220 e. The first-order valence-electron chi connectivity index (χ1n) is 9.28. The zero-order chi connectivity index (χ0) is 18.8. The van der Waals surface area contributed by atoms with Gasteiger partial charge >= 0.3 is 0 Å². The molecular weight excluding hydrogens is 324 g/mol. The normalized spacial score (nSPS) is 11.8. The number of ether oxygens (including phenoxy) is 1. The standard InChI is InChI=1S/C22H30N2O2/c1-17-6-8-20(9-7-17)16-26-21-12-10-19(11-13-21)15-18(2)24-22(25)5-4-14-23-3/h6-13,18,23H,4-5,14-16H2,1-3H3,(H,24,25). The maximum absolute atomic E-state index is 11.9. The monoisotopic (exact) mass is 354 g/mol. The molecule has 2 aromatic rings. The van der Waals surface area contributed by atoms with Gasteiger partial charge in [0.1, 0.15) is 12.4 Å². The molecule has 0 fully saturated rings. The van der Waals surface area contributed by atoms with Gasteiger partial charge in [0.2, 0.25) is 5.91 Å². The van der Waals surface area contributed by atoms with Gasteiger partial charge in [0.05, 0.1) is 0 Å². The Kier molecular flexibility index (Phi) is 8.16. The molecule has 0 aromatic heterocycles. The molecule has 1 amide bonds. The lowest BCUT2D eigenvalue weighted by molar-refractivity contribution is -0.121. The van der Waals surface area contributed by atoms with Crippen LogP contribution in [0.25, 0.3) is 0 Å². The summed E-state index contributed by atoms with van der Waals surface area (Å²) in [4.78, 5) is 11.9. The molecule has 0 spiro atoms. The molecule has 0 aliphatic rings. The molecule has 2 rings (SSSR count). The summed E-state index contributed by atoms with van der Waals surface area (Å²) in [6.45, 7) is 5.55. The van der Waals surface area contributed by atoms with Gasteiger partial charge in [-0.1, -0.05) is 42.0 Å². The Morgan fingerprint density at radius 3 is 2.35 bits per heavy atom. The zero-order valence-corrected chi connectivity index (χ0v) is 16.0. The molecule has 0 saturated heterocycles. The summed E-state index contributed by atoms with van der Waals surface area (Å²) >= 11 is 0. The van der Waals surface area contributed by atoms with Gasteiger partial charge in [0.25, 0.3) is 0 Å². The van der Waals surface area contributed by atoms with Crippen LogP contribution in [0.15, 0.2) is 48.5 Å². The summed E-state index contributed by atoms with van der Waals surface area (Å²) < 4.78 is 5.84. The number of benzene rings is 2. The molecule has 0 aliphatic heterocycles. The molecule has 26 heavy (non-hydrogen) atoms. The minimum atomic E-state index is 0.116. The minimum Gasteiger partial charge on any atom is -0.489 e. The highest BCUT2D eigenvalue weighted by Crippen LogP contribution is 2.15. The van der Waals surface area contributed by atoms with E-state index in [4.69, 9.17) is 4.74 Å². The highest BCUT2D eigenvalue weighted by molar-refractivity contribution is 5.76. The first-order valence-corrected chi connectivity index (χ1v) is 9.28. The Labute approximate surface area is 157 Å². The maximum Gasteiger partial charge on any atom is 0.220 e. The molecule has 0 aliphatic carbocycles. The summed E-state index contributed by atoms with van der Waals surface area (Å²) in [5.74, 6) is 0.976. The second-order valence-electron chi connectivity index (χ2n) is 6.80. The van der Waals surface area contributed by atoms with Crippen LogP contribution in [-0.2, 0) is 17.8 Å². The molecule has 1 unspecified atom stereocenters. The molecule has 2 aromatic carbocycles. The second kappa shape index (κ2) is 10.6. The van der Waals surface area contributed by atoms with Gasteiger partial charge in [-0.3, -0.25) is 4.79 Å². The third kappa shape index (κ3) is 7.28. The van der Waals surface area contributed by atoms with E-state index in [9.17, 15) is 4.79 Å². The highest BCUT2D eigenvalue weighted by Gasteiger charge is 2.08. The van der Waals surface area contributed by atoms with Gasteiger partial charge in [-0.15, -0.1) is 0 Å². The third-order valence-corrected chi connectivity index (χ3v) is 4.23. The van der Waals surface area contributed by atoms with Gasteiger partial charge in [-0.05, 0) is 63.5 Å². The molecular formula is C22H30N2O2. The highest BCUT2D eigenvalue weighted by atomic mass is 16.5. The fraction of sp³-hybridized carbons (Fsp3) is 0.409. The van der Waals surface area contributed by atoms with Crippen LogP contribution >= 0.6 is 0 Å². The van der Waals surface area contributed by atoms with E-state index in [-0.39, 0.29) is 11.9 Å². The number of carbonyl (C=O) groups is 1. The molecule has 140 valence electrons. The fourth-order valence-electron chi connectivity index (χ4n) is 2.75. The number of hydrogen-bond acceptors (Lipinski definition) is 3. The number of aryl methyl sites for hydroxylation is 1. The second-order valence-corrected chi connectivity index (χ2v) is 6.80. The van der Waals surface area contributed by atoms with Gasteiger partial charge in [0.15, 0.2) is 0 Å². The molecule has 1 atom stereocenters. The summed E-state index contributed by atoms with van der Waals surface area (Å²) in [5, 5.41) is 6.11. The van der Waals surface area contributed by atoms with E-state index in [1.165, 1.54) is 11.1 Å². The molecule has 2 N–H and O–H groups in total. The van der Waals surface area contributed by atoms with Crippen LogP contribution in [0.3, 0.4) is 0 Å². The van der Waals surface area contributed by atoms with Gasteiger partial charge in [-0.25, -0.2) is 0 Å². The summed E-state index contributed by atoms with van der Waals surface area (Å²) in [5.41, 5.74) is 3.60. The average molecular weight is 354 g/mol. The fourth-order valence-corrected chi connectivity index (χ4v) is 2.75. The van der Waals surface area contributed by atoms with E-state index in [0.717, 1.165) is 30.7 Å². The molecule has 4 nitrogen and oxygen atoms in total. The quantitative estimate of drug-likeness (QED) is 0.641. The average Bonchev–Trinajstić information content (AvgIpc) is 2.62. The van der Waals surface area contributed by atoms with E-state index in [2.05, 4.69) is 54.0 Å². The first-order chi connectivity index (χ1) is 12.6. The molecule has 4 heteroatoms. The van der Waals surface area contributed by atoms with Crippen molar-refractivity contribution < 1.29 is 9.53 Å². The third-order valence-electron chi connectivity index (χ3n) is 4.23. The maximum atomic E-state index is 11.9. The summed E-state index contributed by atoms with van der Waals surface area (Å²) in [6, 6.07) is 16.6. The first kappa shape index (κ1) is 20.0. The van der Waals surface area contributed by atoms with E-state index < -0.39 is 0 Å². The lowest BCUT2D eigenvalue weighted by Gasteiger charge is -2.14. The number of carbonyl (C=O) groups excluding carboxylic acids is 1. The largest absolute Gasteiger partial charge is 0.489 e. The molecule has 0 bridgehead atoms. The molecule has 0 radical (unpaired) electrons. The number of rotatable bonds is 10. The van der Waals surface area contributed by atoms with Crippen molar-refractivity contribution in [3.63, 3.8) is 0 Å². The lowest BCUT2D eigenvalue weighted by atomic mass is 10.1. The van der Waals surface area contributed by atoms with E-state index >= 15 is 0 Å². The summed E-state index contributed by atoms with van der Waals surface area (Å²) in [6.07, 6.45) is 2.25. The number of nitrogens with one attached hydrogen (secondary N) is 2. The Morgan fingerprint density at radius 2 is 1.69 bits per heavy atom. The Bertz CT molecular complexity index is 666. The van der Waals surface area contributed by atoms with Crippen molar-refractivity contribution in [3.05, 3.63) is 65.2 Å². The SMILES string of the molecule is CNCCCC(=O)NC(C)Cc1ccc(OCc2ccc(C)cc2)cc1. The van der Waals surface area contributed by atoms with Crippen molar-refractivity contribution in [2.45, 2.75) is 45.8 Å². The van der Waals surface area contributed by atoms with Crippen LogP contribution in [0.5, 0.6) is 5.75 Å². The van der Waals surface area contributed by atoms with Crippen molar-refractivity contribution in [3.8, 4) is 5.75 Å². The topological polar surface area (TPSA) is 50.4 Å². The summed E-state index contributed by atoms with van der Waals surface area (Å²) in [7, 11) is 1.90. The predicted octanol–water partition coefficient (Wildman–Crippen LogP) is 3.62. The van der Waals surface area contributed by atoms with Crippen molar-refractivity contribution in [2.75, 3.05) is 13.6 Å². The Morgan fingerprint density at radius 1 is 1.04 bits per heavy atom. The van der Waals surface area contributed by atoms with Crippen LogP contribution < -0.4 is 15.4 Å². The lowest BCUT2D eigenvalue weighted by Crippen LogP contribution is -2.34. The van der Waals surface area contributed by atoms with Gasteiger partial charge < -0.3 is 15.4 Å². The van der Waals surface area contributed by atoms with Crippen LogP contribution in [0.4, 0.5) is 0 Å². The van der Waals surface area contributed by atoms with E-state index in [1.54, 1.807) is 0 Å². The van der Waals surface area contributed by atoms with Crippen molar-refractivity contribution in [1.29, 1.82) is 0 Å². The zero-order valence-electron chi connectivity index (χ0n) is 16.0. The molecule has 0 saturated carbocycles. The van der Waals surface area contributed by atoms with Crippen molar-refractivity contribution >= 4 is 5.91 Å². The van der Waals surface area contributed by atoms with Crippen LogP contribution in [0.1, 0.15) is 36.5 Å². The number of hydrogen-bond donors (Lipinski definition) is 2. The van der Waals surface area contributed by atoms with Gasteiger partial charge in [0, 0.05) is 12.5 Å². The van der Waals surface area contributed by atoms with Crippen molar-refractivity contribution in [1.82, 2.24) is 10.6 Å².